The fourth-order valence-corrected chi connectivity index (χ4v) is 4.96. The molecule has 3 rings (SSSR count). The molecule has 2 aromatic carbocycles. The molecule has 0 aliphatic carbocycles. The standard InChI is InChI=1S/C21H25N3O4S/c1-15-18(21(26)22-2)10-7-11-19(15)23-20(25)16-8-6-9-17(14-16)29(27,28)24-12-4-3-5-13-24/h6-11,14H,3-5,12-13H2,1-2H3,(H,22,26)(H,23,25). The third kappa shape index (κ3) is 4.49. The molecule has 0 radical (unpaired) electrons. The van der Waals surface area contributed by atoms with Gasteiger partial charge >= 0.3 is 0 Å². The van der Waals surface area contributed by atoms with Crippen LogP contribution in [0.1, 0.15) is 45.5 Å². The van der Waals surface area contributed by atoms with Crippen LogP contribution < -0.4 is 10.6 Å². The van der Waals surface area contributed by atoms with Gasteiger partial charge in [0.15, 0.2) is 0 Å². The zero-order chi connectivity index (χ0) is 21.0. The molecule has 8 heteroatoms. The molecule has 2 aromatic rings. The molecule has 1 heterocycles. The highest BCUT2D eigenvalue weighted by Crippen LogP contribution is 2.23. The number of anilines is 1. The van der Waals surface area contributed by atoms with E-state index < -0.39 is 15.9 Å². The van der Waals surface area contributed by atoms with E-state index in [0.29, 0.717) is 29.9 Å². The molecule has 154 valence electrons. The first-order valence-electron chi connectivity index (χ1n) is 9.58. The van der Waals surface area contributed by atoms with Gasteiger partial charge in [-0.2, -0.15) is 4.31 Å². The minimum Gasteiger partial charge on any atom is -0.355 e. The van der Waals surface area contributed by atoms with Crippen molar-refractivity contribution >= 4 is 27.5 Å². The molecule has 0 unspecified atom stereocenters. The van der Waals surface area contributed by atoms with Gasteiger partial charge in [-0.25, -0.2) is 8.42 Å². The Morgan fingerprint density at radius 1 is 0.966 bits per heavy atom. The van der Waals surface area contributed by atoms with Crippen LogP contribution in [0.4, 0.5) is 5.69 Å². The van der Waals surface area contributed by atoms with Crippen LogP contribution in [0.25, 0.3) is 0 Å². The lowest BCUT2D eigenvalue weighted by atomic mass is 10.1. The summed E-state index contributed by atoms with van der Waals surface area (Å²) < 4.78 is 27.2. The second-order valence-electron chi connectivity index (χ2n) is 7.00. The van der Waals surface area contributed by atoms with Gasteiger partial charge in [0.05, 0.1) is 4.90 Å². The molecule has 0 aromatic heterocycles. The molecule has 1 aliphatic heterocycles. The summed E-state index contributed by atoms with van der Waals surface area (Å²) in [5.74, 6) is -0.675. The molecule has 2 N–H and O–H groups in total. The summed E-state index contributed by atoms with van der Waals surface area (Å²) >= 11 is 0. The number of hydrogen-bond donors (Lipinski definition) is 2. The summed E-state index contributed by atoms with van der Waals surface area (Å²) in [6.45, 7) is 2.76. The maximum Gasteiger partial charge on any atom is 0.255 e. The Balaban J connectivity index is 1.84. The van der Waals surface area contributed by atoms with Crippen molar-refractivity contribution in [1.82, 2.24) is 9.62 Å². The van der Waals surface area contributed by atoms with E-state index in [2.05, 4.69) is 10.6 Å². The van der Waals surface area contributed by atoms with Crippen molar-refractivity contribution in [2.24, 2.45) is 0 Å². The summed E-state index contributed by atoms with van der Waals surface area (Å²) in [4.78, 5) is 24.8. The Kier molecular flexibility index (Phi) is 6.34. The fourth-order valence-electron chi connectivity index (χ4n) is 3.40. The summed E-state index contributed by atoms with van der Waals surface area (Å²) in [7, 11) is -2.08. The molecular weight excluding hydrogens is 390 g/mol. The van der Waals surface area contributed by atoms with E-state index >= 15 is 0 Å². The number of carbonyl (C=O) groups is 2. The minimum absolute atomic E-state index is 0.114. The molecule has 0 atom stereocenters. The topological polar surface area (TPSA) is 95.6 Å². The lowest BCUT2D eigenvalue weighted by molar-refractivity contribution is 0.0960. The number of sulfonamides is 1. The zero-order valence-electron chi connectivity index (χ0n) is 16.6. The number of carbonyl (C=O) groups excluding carboxylic acids is 2. The number of benzene rings is 2. The number of amides is 2. The molecule has 1 aliphatic rings. The van der Waals surface area contributed by atoms with Crippen molar-refractivity contribution in [3.63, 3.8) is 0 Å². The second kappa shape index (κ2) is 8.75. The van der Waals surface area contributed by atoms with E-state index in [0.717, 1.165) is 19.3 Å². The summed E-state index contributed by atoms with van der Waals surface area (Å²) in [5, 5.41) is 5.34. The van der Waals surface area contributed by atoms with Crippen molar-refractivity contribution in [1.29, 1.82) is 0 Å². The van der Waals surface area contributed by atoms with E-state index in [-0.39, 0.29) is 16.4 Å². The van der Waals surface area contributed by atoms with Crippen LogP contribution in [0.2, 0.25) is 0 Å². The van der Waals surface area contributed by atoms with E-state index in [1.54, 1.807) is 44.3 Å². The lowest BCUT2D eigenvalue weighted by Crippen LogP contribution is -2.35. The summed E-state index contributed by atoms with van der Waals surface area (Å²) in [6, 6.07) is 11.1. The van der Waals surface area contributed by atoms with Crippen molar-refractivity contribution in [2.45, 2.75) is 31.1 Å². The number of nitrogens with zero attached hydrogens (tertiary/aromatic N) is 1. The normalized spacial score (nSPS) is 15.0. The first-order valence-corrected chi connectivity index (χ1v) is 11.0. The highest BCUT2D eigenvalue weighted by molar-refractivity contribution is 7.89. The predicted molar refractivity (Wildman–Crippen MR) is 112 cm³/mol. The smallest absolute Gasteiger partial charge is 0.255 e. The van der Waals surface area contributed by atoms with Gasteiger partial charge in [-0.05, 0) is 55.7 Å². The number of nitrogens with one attached hydrogen (secondary N) is 2. The molecular formula is C21H25N3O4S. The van der Waals surface area contributed by atoms with Crippen LogP contribution in [-0.2, 0) is 10.0 Å². The number of hydrogen-bond acceptors (Lipinski definition) is 4. The minimum atomic E-state index is -3.62. The maximum absolute atomic E-state index is 12.9. The highest BCUT2D eigenvalue weighted by Gasteiger charge is 2.26. The Bertz CT molecular complexity index is 1030. The quantitative estimate of drug-likeness (QED) is 0.785. The summed E-state index contributed by atoms with van der Waals surface area (Å²) in [5.41, 5.74) is 1.84. The fraction of sp³-hybridized carbons (Fsp3) is 0.333. The van der Waals surface area contributed by atoms with Crippen LogP contribution in [0, 0.1) is 6.92 Å². The van der Waals surface area contributed by atoms with Crippen molar-refractivity contribution in [2.75, 3.05) is 25.5 Å². The molecule has 1 fully saturated rings. The van der Waals surface area contributed by atoms with E-state index in [9.17, 15) is 18.0 Å². The third-order valence-electron chi connectivity index (χ3n) is 5.10. The third-order valence-corrected chi connectivity index (χ3v) is 7.00. The van der Waals surface area contributed by atoms with Gasteiger partial charge in [0, 0.05) is 37.0 Å². The van der Waals surface area contributed by atoms with Gasteiger partial charge in [0.1, 0.15) is 0 Å². The second-order valence-corrected chi connectivity index (χ2v) is 8.94. The average molecular weight is 416 g/mol. The van der Waals surface area contributed by atoms with Crippen LogP contribution >= 0.6 is 0 Å². The van der Waals surface area contributed by atoms with Crippen LogP contribution in [0.3, 0.4) is 0 Å². The van der Waals surface area contributed by atoms with Gasteiger partial charge in [-0.15, -0.1) is 0 Å². The molecule has 29 heavy (non-hydrogen) atoms. The van der Waals surface area contributed by atoms with Crippen molar-refractivity contribution in [3.05, 3.63) is 59.2 Å². The Morgan fingerprint density at radius 3 is 2.34 bits per heavy atom. The van der Waals surface area contributed by atoms with Gasteiger partial charge in [-0.3, -0.25) is 9.59 Å². The molecule has 1 saturated heterocycles. The predicted octanol–water partition coefficient (Wildman–Crippen LogP) is 2.78. The largest absolute Gasteiger partial charge is 0.355 e. The van der Waals surface area contributed by atoms with E-state index in [1.807, 2.05) is 0 Å². The first-order chi connectivity index (χ1) is 13.8. The van der Waals surface area contributed by atoms with Crippen LogP contribution in [0.15, 0.2) is 47.4 Å². The lowest BCUT2D eigenvalue weighted by Gasteiger charge is -2.26. The van der Waals surface area contributed by atoms with Gasteiger partial charge in [-0.1, -0.05) is 18.6 Å². The Labute approximate surface area is 171 Å². The van der Waals surface area contributed by atoms with Crippen LogP contribution in [-0.4, -0.2) is 44.7 Å². The Morgan fingerprint density at radius 2 is 1.66 bits per heavy atom. The average Bonchev–Trinajstić information content (AvgIpc) is 2.75. The molecule has 7 nitrogen and oxygen atoms in total. The SMILES string of the molecule is CNC(=O)c1cccc(NC(=O)c2cccc(S(=O)(=O)N3CCCCC3)c2)c1C. The van der Waals surface area contributed by atoms with Gasteiger partial charge < -0.3 is 10.6 Å². The van der Waals surface area contributed by atoms with Crippen molar-refractivity contribution < 1.29 is 18.0 Å². The maximum atomic E-state index is 12.9. The Hall–Kier alpha value is -2.71. The van der Waals surface area contributed by atoms with E-state index in [4.69, 9.17) is 0 Å². The first kappa shape index (κ1) is 21.0. The molecule has 2 amide bonds. The van der Waals surface area contributed by atoms with Crippen LogP contribution in [0.5, 0.6) is 0 Å². The zero-order valence-corrected chi connectivity index (χ0v) is 17.4. The van der Waals surface area contributed by atoms with E-state index in [1.165, 1.54) is 16.4 Å². The molecule has 0 saturated carbocycles. The monoisotopic (exact) mass is 415 g/mol. The molecule has 0 bridgehead atoms. The summed E-state index contributed by atoms with van der Waals surface area (Å²) in [6.07, 6.45) is 2.73. The highest BCUT2D eigenvalue weighted by atomic mass is 32.2. The van der Waals surface area contributed by atoms with Crippen molar-refractivity contribution in [3.8, 4) is 0 Å². The van der Waals surface area contributed by atoms with Gasteiger partial charge in [0.2, 0.25) is 10.0 Å². The number of rotatable bonds is 5. The van der Waals surface area contributed by atoms with Gasteiger partial charge in [0.25, 0.3) is 11.8 Å². The number of piperidine rings is 1. The molecule has 0 spiro atoms.